The Kier molecular flexibility index (Phi) is 10.4. The average molecular weight is 805 g/mol. The van der Waals surface area contributed by atoms with Crippen molar-refractivity contribution in [1.29, 1.82) is 0 Å². The first-order valence-electron chi connectivity index (χ1n) is 20.6. The molecule has 0 bridgehead atoms. The lowest BCUT2D eigenvalue weighted by atomic mass is 9.89. The topological polar surface area (TPSA) is 204 Å². The number of nitrogens with zero attached hydrogens (tertiary/aromatic N) is 7. The second kappa shape index (κ2) is 15.9. The molecule has 308 valence electrons. The van der Waals surface area contributed by atoms with Gasteiger partial charge >= 0.3 is 6.09 Å². The smallest absolute Gasteiger partial charge is 0.410 e. The minimum atomic E-state index is -0.978. The molecule has 6 aliphatic rings. The molecule has 3 atom stereocenters. The van der Waals surface area contributed by atoms with Gasteiger partial charge in [-0.05, 0) is 99.3 Å². The largest absolute Gasteiger partial charge is 0.448 e. The van der Waals surface area contributed by atoms with Crippen LogP contribution in [0, 0.1) is 5.92 Å². The number of carbonyl (C=O) groups excluding carboxylic acids is 6. The van der Waals surface area contributed by atoms with E-state index >= 15 is 0 Å². The first-order valence-corrected chi connectivity index (χ1v) is 20.6. The Labute approximate surface area is 341 Å². The van der Waals surface area contributed by atoms with Gasteiger partial charge in [-0.15, -0.1) is 0 Å². The van der Waals surface area contributed by atoms with Crippen molar-refractivity contribution in [1.82, 2.24) is 30.0 Å². The maximum absolute atomic E-state index is 13.4. The second-order valence-electron chi connectivity index (χ2n) is 16.4. The van der Waals surface area contributed by atoms with Crippen molar-refractivity contribution in [3.05, 3.63) is 71.0 Å². The number of hydrogen-bond donors (Lipinski definition) is 3. The van der Waals surface area contributed by atoms with Gasteiger partial charge < -0.3 is 35.4 Å². The number of fused-ring (bicyclic) bond motifs is 1. The standard InChI is InChI=1S/C42H48N10O7/c43-37(54)36-38(46-34(21-44-36)50-14-1-2-30(24-50)51-18-19-59-42(51)58)45-28-5-3-26(4-6-28)27-12-15-48(16-13-27)22-25-11-17-49(23-25)29-7-8-31-32(20-29)41(57)52(40(31)56)33-9-10-35(53)47-39(33)55/h3-8,20-21,25,27,30,33H,1-2,9-19,22-24H2,(H2,43,54)(H,45,46)(H,47,53,55)/t25-,30-,33?/m1/s1. The van der Waals surface area contributed by atoms with Gasteiger partial charge in [-0.1, -0.05) is 12.1 Å². The Hall–Kier alpha value is -6.10. The van der Waals surface area contributed by atoms with E-state index in [2.05, 4.69) is 42.5 Å². The summed E-state index contributed by atoms with van der Waals surface area (Å²) >= 11 is 0. The van der Waals surface area contributed by atoms with E-state index < -0.39 is 35.6 Å². The van der Waals surface area contributed by atoms with Crippen LogP contribution in [0.15, 0.2) is 48.7 Å². The van der Waals surface area contributed by atoms with E-state index in [1.54, 1.807) is 23.2 Å². The number of imide groups is 2. The fourth-order valence-corrected chi connectivity index (χ4v) is 9.62. The zero-order chi connectivity index (χ0) is 40.8. The molecule has 0 spiro atoms. The van der Waals surface area contributed by atoms with Crippen molar-refractivity contribution in [2.45, 2.75) is 62.9 Å². The van der Waals surface area contributed by atoms with Crippen LogP contribution >= 0.6 is 0 Å². The van der Waals surface area contributed by atoms with Gasteiger partial charge in [-0.3, -0.25) is 34.2 Å². The number of rotatable bonds is 10. The number of primary amides is 1. The van der Waals surface area contributed by atoms with E-state index in [1.165, 1.54) is 5.56 Å². The van der Waals surface area contributed by atoms with E-state index in [0.717, 1.165) is 87.6 Å². The maximum Gasteiger partial charge on any atom is 0.410 e. The molecule has 1 unspecified atom stereocenters. The number of piperidine rings is 3. The van der Waals surface area contributed by atoms with Crippen molar-refractivity contribution < 1.29 is 33.5 Å². The fourth-order valence-electron chi connectivity index (χ4n) is 9.62. The number of likely N-dealkylation sites (tertiary alicyclic amines) is 1. The zero-order valence-electron chi connectivity index (χ0n) is 32.8. The zero-order valence-corrected chi connectivity index (χ0v) is 32.8. The third-order valence-electron chi connectivity index (χ3n) is 12.8. The molecule has 6 aliphatic heterocycles. The number of anilines is 4. The van der Waals surface area contributed by atoms with Crippen molar-refractivity contribution in [3.63, 3.8) is 0 Å². The predicted molar refractivity (Wildman–Crippen MR) is 215 cm³/mol. The molecule has 0 saturated carbocycles. The number of cyclic esters (lactones) is 1. The highest BCUT2D eigenvalue weighted by molar-refractivity contribution is 6.23. The second-order valence-corrected chi connectivity index (χ2v) is 16.4. The molecular formula is C42H48N10O7. The normalized spacial score (nSPS) is 24.1. The van der Waals surface area contributed by atoms with Crippen molar-refractivity contribution in [2.75, 3.05) is 74.1 Å². The van der Waals surface area contributed by atoms with Gasteiger partial charge in [0.1, 0.15) is 18.5 Å². The fraction of sp³-hybridized carbons (Fsp3) is 0.476. The first kappa shape index (κ1) is 38.4. The van der Waals surface area contributed by atoms with Crippen LogP contribution in [0.25, 0.3) is 0 Å². The molecule has 59 heavy (non-hydrogen) atoms. The summed E-state index contributed by atoms with van der Waals surface area (Å²) in [5.74, 6) is -0.858. The Morgan fingerprint density at radius 3 is 2.41 bits per heavy atom. The van der Waals surface area contributed by atoms with Gasteiger partial charge in [-0.2, -0.15) is 0 Å². The molecule has 6 amide bonds. The quantitative estimate of drug-likeness (QED) is 0.253. The summed E-state index contributed by atoms with van der Waals surface area (Å²) in [5, 5.41) is 5.52. The highest BCUT2D eigenvalue weighted by Gasteiger charge is 2.45. The lowest BCUT2D eigenvalue weighted by Crippen LogP contribution is -2.54. The summed E-state index contributed by atoms with van der Waals surface area (Å²) < 4.78 is 5.16. The molecular weight excluding hydrogens is 757 g/mol. The lowest BCUT2D eigenvalue weighted by molar-refractivity contribution is -0.136. The van der Waals surface area contributed by atoms with Crippen LogP contribution in [0.2, 0.25) is 0 Å². The summed E-state index contributed by atoms with van der Waals surface area (Å²) in [7, 11) is 0. The Bertz CT molecular complexity index is 2190. The molecule has 5 saturated heterocycles. The molecule has 0 aliphatic carbocycles. The molecule has 5 fully saturated rings. The average Bonchev–Trinajstić information content (AvgIpc) is 3.96. The van der Waals surface area contributed by atoms with E-state index in [1.807, 2.05) is 18.2 Å². The van der Waals surface area contributed by atoms with E-state index in [-0.39, 0.29) is 30.7 Å². The number of benzene rings is 2. The molecule has 3 aromatic rings. The molecule has 0 radical (unpaired) electrons. The van der Waals surface area contributed by atoms with Gasteiger partial charge in [0.2, 0.25) is 11.8 Å². The summed E-state index contributed by atoms with van der Waals surface area (Å²) in [6.45, 7) is 7.03. The highest BCUT2D eigenvalue weighted by atomic mass is 16.6. The number of nitrogens with one attached hydrogen (secondary N) is 2. The van der Waals surface area contributed by atoms with E-state index in [9.17, 15) is 28.8 Å². The van der Waals surface area contributed by atoms with E-state index in [0.29, 0.717) is 54.3 Å². The third-order valence-corrected chi connectivity index (χ3v) is 12.8. The summed E-state index contributed by atoms with van der Waals surface area (Å²) in [4.78, 5) is 94.0. The van der Waals surface area contributed by atoms with Crippen LogP contribution in [0.4, 0.5) is 27.8 Å². The Balaban J connectivity index is 0.772. The minimum absolute atomic E-state index is 0.0226. The minimum Gasteiger partial charge on any atom is -0.448 e. The van der Waals surface area contributed by atoms with Gasteiger partial charge in [0.25, 0.3) is 17.7 Å². The summed E-state index contributed by atoms with van der Waals surface area (Å²) in [6.07, 6.45) is 6.39. The van der Waals surface area contributed by atoms with Gasteiger partial charge in [0.15, 0.2) is 11.5 Å². The van der Waals surface area contributed by atoms with Crippen LogP contribution in [0.1, 0.15) is 87.6 Å². The van der Waals surface area contributed by atoms with Crippen LogP contribution in [-0.2, 0) is 14.3 Å². The predicted octanol–water partition coefficient (Wildman–Crippen LogP) is 2.85. The molecule has 17 heteroatoms. The SMILES string of the molecule is NC(=O)c1ncc(N2CCC[C@@H](N3CCOC3=O)C2)nc1Nc1ccc(C2CCN(C[C@H]3CCN(c4ccc5c(c4)C(=O)N(C4CCC(=O)NC4=O)C5=O)C3)CC2)cc1. The number of nitrogens with two attached hydrogens (primary N) is 1. The van der Waals surface area contributed by atoms with Crippen LogP contribution in [0.5, 0.6) is 0 Å². The van der Waals surface area contributed by atoms with E-state index in [4.69, 9.17) is 15.5 Å². The van der Waals surface area contributed by atoms with Crippen LogP contribution < -0.4 is 26.2 Å². The number of carbonyl (C=O) groups is 6. The highest BCUT2D eigenvalue weighted by Crippen LogP contribution is 2.35. The Morgan fingerprint density at radius 2 is 1.66 bits per heavy atom. The molecule has 17 nitrogen and oxygen atoms in total. The lowest BCUT2D eigenvalue weighted by Gasteiger charge is -2.37. The van der Waals surface area contributed by atoms with Gasteiger partial charge in [-0.25, -0.2) is 14.8 Å². The summed E-state index contributed by atoms with van der Waals surface area (Å²) in [6, 6.07) is 12.6. The van der Waals surface area contributed by atoms with Gasteiger partial charge in [0, 0.05) is 50.5 Å². The number of ether oxygens (including phenoxy) is 1. The van der Waals surface area contributed by atoms with Gasteiger partial charge in [0.05, 0.1) is 29.9 Å². The molecule has 1 aromatic heterocycles. The maximum atomic E-state index is 13.4. The van der Waals surface area contributed by atoms with Crippen molar-refractivity contribution >= 4 is 58.6 Å². The van der Waals surface area contributed by atoms with Crippen molar-refractivity contribution in [2.24, 2.45) is 11.7 Å². The third kappa shape index (κ3) is 7.66. The molecule has 9 rings (SSSR count). The molecule has 7 heterocycles. The first-order chi connectivity index (χ1) is 28.6. The monoisotopic (exact) mass is 804 g/mol. The van der Waals surface area contributed by atoms with Crippen LogP contribution in [-0.4, -0.2) is 131 Å². The number of aromatic nitrogens is 2. The molecule has 2 aromatic carbocycles. The molecule has 4 N–H and O–H groups in total. The van der Waals surface area contributed by atoms with Crippen LogP contribution in [0.3, 0.4) is 0 Å². The Morgan fingerprint density at radius 1 is 0.864 bits per heavy atom. The summed E-state index contributed by atoms with van der Waals surface area (Å²) in [5.41, 5.74) is 9.28. The number of hydrogen-bond acceptors (Lipinski definition) is 13. The van der Waals surface area contributed by atoms with Crippen molar-refractivity contribution in [3.8, 4) is 0 Å². The number of amides is 6.